The fraction of sp³-hybridized carbons (Fsp3) is 0.0741. The van der Waals surface area contributed by atoms with Crippen molar-refractivity contribution in [2.24, 2.45) is 0 Å². The Bertz CT molecular complexity index is 1550. The van der Waals surface area contributed by atoms with Crippen LogP contribution in [0.2, 0.25) is 0 Å². The molecule has 8 heteroatoms. The van der Waals surface area contributed by atoms with Gasteiger partial charge in [-0.05, 0) is 48.5 Å². The van der Waals surface area contributed by atoms with Gasteiger partial charge in [0.15, 0.2) is 0 Å². The molecule has 5 rings (SSSR count). The number of halogens is 2. The van der Waals surface area contributed by atoms with Crippen LogP contribution < -0.4 is 16.0 Å². The van der Waals surface area contributed by atoms with E-state index in [0.717, 1.165) is 22.3 Å². The Morgan fingerprint density at radius 2 is 1.63 bits per heavy atom. The number of fused-ring (bicyclic) bond motifs is 1. The average molecular weight is 469 g/mol. The first kappa shape index (κ1) is 22.2. The van der Waals surface area contributed by atoms with Crippen LogP contribution in [0.5, 0.6) is 0 Å². The van der Waals surface area contributed by atoms with Crippen molar-refractivity contribution >= 4 is 34.0 Å². The van der Waals surface area contributed by atoms with Crippen LogP contribution in [0.25, 0.3) is 33.4 Å². The van der Waals surface area contributed by atoms with Gasteiger partial charge < -0.3 is 16.0 Å². The Hall–Kier alpha value is -4.59. The van der Waals surface area contributed by atoms with Crippen molar-refractivity contribution in [1.29, 1.82) is 0 Å². The van der Waals surface area contributed by atoms with Gasteiger partial charge in [0.05, 0.1) is 16.9 Å². The highest BCUT2D eigenvalue weighted by atomic mass is 19.1. The standard InChI is InChI=1S/C27H22F2N6/c1-35(2)25-14-23(16-6-5-7-17(28)12-16)32-22-11-10-18(13-20(22)25)31-26-15-24(33-27(30)34-26)19-8-3-4-9-21(19)29/h3-15H,1-2H3,(H3,30,31,33,34). The zero-order valence-corrected chi connectivity index (χ0v) is 19.1. The molecule has 3 N–H and O–H groups in total. The predicted molar refractivity (Wildman–Crippen MR) is 137 cm³/mol. The SMILES string of the molecule is CN(C)c1cc(-c2cccc(F)c2)nc2ccc(Nc3cc(-c4ccccc4F)nc(N)n3)cc12. The summed E-state index contributed by atoms with van der Waals surface area (Å²) in [5.41, 5.74) is 10.4. The van der Waals surface area contributed by atoms with Gasteiger partial charge in [0.1, 0.15) is 17.5 Å². The summed E-state index contributed by atoms with van der Waals surface area (Å²) in [6, 6.07) is 22.0. The minimum atomic E-state index is -0.391. The number of nitrogens with zero attached hydrogens (tertiary/aromatic N) is 4. The van der Waals surface area contributed by atoms with Crippen LogP contribution in [-0.2, 0) is 0 Å². The number of nitrogens with two attached hydrogens (primary N) is 1. The Labute approximate surface area is 201 Å². The van der Waals surface area contributed by atoms with Gasteiger partial charge in [0, 0.05) is 48.0 Å². The summed E-state index contributed by atoms with van der Waals surface area (Å²) in [6.07, 6.45) is 0. The molecule has 0 amide bonds. The van der Waals surface area contributed by atoms with Crippen molar-refractivity contribution < 1.29 is 8.78 Å². The highest BCUT2D eigenvalue weighted by molar-refractivity contribution is 5.96. The minimum absolute atomic E-state index is 0.0319. The maximum atomic E-state index is 14.3. The van der Waals surface area contributed by atoms with Gasteiger partial charge in [0.2, 0.25) is 5.95 Å². The second kappa shape index (κ2) is 8.98. The third-order valence-corrected chi connectivity index (χ3v) is 5.55. The van der Waals surface area contributed by atoms with Crippen LogP contribution >= 0.6 is 0 Å². The van der Waals surface area contributed by atoms with E-state index in [1.54, 1.807) is 30.3 Å². The normalized spacial score (nSPS) is 11.0. The van der Waals surface area contributed by atoms with Crippen molar-refractivity contribution in [2.45, 2.75) is 0 Å². The molecule has 3 aromatic carbocycles. The highest BCUT2D eigenvalue weighted by Crippen LogP contribution is 2.33. The smallest absolute Gasteiger partial charge is 0.222 e. The van der Waals surface area contributed by atoms with Crippen molar-refractivity contribution in [3.05, 3.63) is 90.5 Å². The number of nitrogen functional groups attached to an aromatic ring is 1. The van der Waals surface area contributed by atoms with E-state index in [1.807, 2.05) is 49.3 Å². The lowest BCUT2D eigenvalue weighted by Crippen LogP contribution is -2.10. The highest BCUT2D eigenvalue weighted by Gasteiger charge is 2.13. The van der Waals surface area contributed by atoms with Gasteiger partial charge in [-0.25, -0.2) is 18.7 Å². The fourth-order valence-corrected chi connectivity index (χ4v) is 3.94. The molecule has 0 fully saturated rings. The Kier molecular flexibility index (Phi) is 5.70. The molecule has 0 aliphatic heterocycles. The van der Waals surface area contributed by atoms with Gasteiger partial charge in [0.25, 0.3) is 0 Å². The maximum absolute atomic E-state index is 14.3. The second-order valence-corrected chi connectivity index (χ2v) is 8.26. The molecule has 0 saturated heterocycles. The minimum Gasteiger partial charge on any atom is -0.377 e. The summed E-state index contributed by atoms with van der Waals surface area (Å²) in [5.74, 6) is -0.234. The number of pyridine rings is 1. The molecular formula is C27H22F2N6. The molecule has 0 atom stereocenters. The zero-order chi connectivity index (χ0) is 24.5. The lowest BCUT2D eigenvalue weighted by atomic mass is 10.1. The van der Waals surface area contributed by atoms with E-state index >= 15 is 0 Å². The van der Waals surface area contributed by atoms with E-state index in [-0.39, 0.29) is 11.8 Å². The van der Waals surface area contributed by atoms with Gasteiger partial charge in [-0.15, -0.1) is 0 Å². The van der Waals surface area contributed by atoms with Crippen LogP contribution in [0, 0.1) is 11.6 Å². The Morgan fingerprint density at radius 3 is 2.40 bits per heavy atom. The lowest BCUT2D eigenvalue weighted by Gasteiger charge is -2.18. The number of rotatable bonds is 5. The van der Waals surface area contributed by atoms with E-state index in [0.29, 0.717) is 28.3 Å². The molecule has 6 nitrogen and oxygen atoms in total. The number of hydrogen-bond donors (Lipinski definition) is 2. The van der Waals surface area contributed by atoms with Gasteiger partial charge in [-0.1, -0.05) is 24.3 Å². The number of nitrogens with one attached hydrogen (secondary N) is 1. The first-order valence-electron chi connectivity index (χ1n) is 10.9. The predicted octanol–water partition coefficient (Wildman–Crippen LogP) is 6.03. The van der Waals surface area contributed by atoms with Crippen molar-refractivity contribution in [2.75, 3.05) is 30.0 Å². The van der Waals surface area contributed by atoms with Crippen LogP contribution in [0.4, 0.5) is 31.9 Å². The molecule has 2 aromatic heterocycles. The van der Waals surface area contributed by atoms with Gasteiger partial charge in [-0.2, -0.15) is 4.98 Å². The molecule has 5 aromatic rings. The quantitative estimate of drug-likeness (QED) is 0.328. The van der Waals surface area contributed by atoms with E-state index in [9.17, 15) is 8.78 Å². The summed E-state index contributed by atoms with van der Waals surface area (Å²) < 4.78 is 28.1. The van der Waals surface area contributed by atoms with E-state index in [4.69, 9.17) is 10.7 Å². The zero-order valence-electron chi connectivity index (χ0n) is 19.1. The van der Waals surface area contributed by atoms with Gasteiger partial charge in [-0.3, -0.25) is 0 Å². The third kappa shape index (κ3) is 4.59. The molecular weight excluding hydrogens is 446 g/mol. The lowest BCUT2D eigenvalue weighted by molar-refractivity contribution is 0.628. The molecule has 0 radical (unpaired) electrons. The number of hydrogen-bond acceptors (Lipinski definition) is 6. The molecule has 2 heterocycles. The van der Waals surface area contributed by atoms with Gasteiger partial charge >= 0.3 is 0 Å². The fourth-order valence-electron chi connectivity index (χ4n) is 3.94. The summed E-state index contributed by atoms with van der Waals surface area (Å²) in [4.78, 5) is 15.2. The maximum Gasteiger partial charge on any atom is 0.222 e. The van der Waals surface area contributed by atoms with Crippen LogP contribution in [0.1, 0.15) is 0 Å². The first-order valence-corrected chi connectivity index (χ1v) is 10.9. The van der Waals surface area contributed by atoms with Crippen LogP contribution in [0.3, 0.4) is 0 Å². The monoisotopic (exact) mass is 468 g/mol. The first-order chi connectivity index (χ1) is 16.9. The summed E-state index contributed by atoms with van der Waals surface area (Å²) >= 11 is 0. The van der Waals surface area contributed by atoms with Crippen LogP contribution in [0.15, 0.2) is 78.9 Å². The molecule has 0 unspecified atom stereocenters. The summed E-state index contributed by atoms with van der Waals surface area (Å²) in [5, 5.41) is 4.14. The van der Waals surface area contributed by atoms with Crippen molar-refractivity contribution in [3.8, 4) is 22.5 Å². The topological polar surface area (TPSA) is 80.0 Å². The van der Waals surface area contributed by atoms with Crippen molar-refractivity contribution in [3.63, 3.8) is 0 Å². The Morgan fingerprint density at radius 1 is 0.800 bits per heavy atom. The summed E-state index contributed by atoms with van der Waals surface area (Å²) in [6.45, 7) is 0. The molecule has 0 aliphatic carbocycles. The summed E-state index contributed by atoms with van der Waals surface area (Å²) in [7, 11) is 3.88. The second-order valence-electron chi connectivity index (χ2n) is 8.26. The molecule has 0 saturated carbocycles. The number of anilines is 4. The third-order valence-electron chi connectivity index (χ3n) is 5.55. The molecule has 174 valence electrons. The molecule has 0 spiro atoms. The largest absolute Gasteiger partial charge is 0.377 e. The average Bonchev–Trinajstić information content (AvgIpc) is 2.83. The van der Waals surface area contributed by atoms with Crippen LogP contribution in [-0.4, -0.2) is 29.0 Å². The molecule has 0 aliphatic rings. The van der Waals surface area contributed by atoms with E-state index in [2.05, 4.69) is 15.3 Å². The Balaban J connectivity index is 1.54. The van der Waals surface area contributed by atoms with Crippen molar-refractivity contribution in [1.82, 2.24) is 15.0 Å². The molecule has 35 heavy (non-hydrogen) atoms. The number of aromatic nitrogens is 3. The molecule has 0 bridgehead atoms. The number of benzene rings is 3. The van der Waals surface area contributed by atoms with E-state index < -0.39 is 5.82 Å². The van der Waals surface area contributed by atoms with E-state index in [1.165, 1.54) is 18.2 Å².